The summed E-state index contributed by atoms with van der Waals surface area (Å²) < 4.78 is 9.67. The number of nitrogens with zero attached hydrogens (tertiary/aromatic N) is 2. The number of aryl methyl sites for hydroxylation is 2. The van der Waals surface area contributed by atoms with Gasteiger partial charge >= 0.3 is 0 Å². The molecule has 2 N–H and O–H groups in total. The lowest BCUT2D eigenvalue weighted by Gasteiger charge is -2.01. The molecular weight excluding hydrogens is 224 g/mol. The maximum Gasteiger partial charge on any atom is 0.244 e. The van der Waals surface area contributed by atoms with Gasteiger partial charge in [0.15, 0.2) is 11.6 Å². The lowest BCUT2D eigenvalue weighted by atomic mass is 10.4. The molecule has 7 heteroatoms. The standard InChI is InChI=1S/C10H12N4O3/c1-6-3-8(13-16-6)11-5-10(15)12-9-4-7(2)17-14-9/h3-4H,5H2,1-2H3,(H,11,13)(H,12,14,15). The van der Waals surface area contributed by atoms with Crippen LogP contribution in [-0.2, 0) is 4.79 Å². The summed E-state index contributed by atoms with van der Waals surface area (Å²) in [5, 5.41) is 12.7. The van der Waals surface area contributed by atoms with Crippen molar-refractivity contribution in [3.63, 3.8) is 0 Å². The molecule has 0 saturated heterocycles. The first kappa shape index (κ1) is 11.2. The first-order chi connectivity index (χ1) is 8.13. The molecule has 2 rings (SSSR count). The third-order valence-electron chi connectivity index (χ3n) is 1.95. The lowest BCUT2D eigenvalue weighted by Crippen LogP contribution is -2.21. The summed E-state index contributed by atoms with van der Waals surface area (Å²) in [4.78, 5) is 11.5. The van der Waals surface area contributed by atoms with Crippen molar-refractivity contribution in [3.8, 4) is 0 Å². The van der Waals surface area contributed by atoms with Crippen molar-refractivity contribution in [1.82, 2.24) is 10.3 Å². The summed E-state index contributed by atoms with van der Waals surface area (Å²) in [5.41, 5.74) is 0. The minimum absolute atomic E-state index is 0.0812. The Morgan fingerprint density at radius 3 is 2.29 bits per heavy atom. The van der Waals surface area contributed by atoms with Gasteiger partial charge in [0.1, 0.15) is 11.5 Å². The molecule has 0 fully saturated rings. The molecule has 2 aromatic rings. The van der Waals surface area contributed by atoms with Crippen molar-refractivity contribution in [1.29, 1.82) is 0 Å². The van der Waals surface area contributed by atoms with Crippen LogP contribution in [0.2, 0.25) is 0 Å². The van der Waals surface area contributed by atoms with Gasteiger partial charge in [0.05, 0.1) is 6.54 Å². The topological polar surface area (TPSA) is 93.2 Å². The van der Waals surface area contributed by atoms with Gasteiger partial charge in [0, 0.05) is 12.1 Å². The molecule has 0 spiro atoms. The molecule has 7 nitrogen and oxygen atoms in total. The molecule has 0 aliphatic heterocycles. The monoisotopic (exact) mass is 236 g/mol. The van der Waals surface area contributed by atoms with E-state index in [0.29, 0.717) is 23.2 Å². The second-order valence-corrected chi connectivity index (χ2v) is 3.55. The molecule has 0 unspecified atom stereocenters. The van der Waals surface area contributed by atoms with E-state index >= 15 is 0 Å². The van der Waals surface area contributed by atoms with E-state index in [-0.39, 0.29) is 12.5 Å². The van der Waals surface area contributed by atoms with Crippen LogP contribution in [0.15, 0.2) is 21.2 Å². The number of hydrogen-bond acceptors (Lipinski definition) is 6. The minimum atomic E-state index is -0.237. The zero-order valence-corrected chi connectivity index (χ0v) is 9.48. The highest BCUT2D eigenvalue weighted by atomic mass is 16.5. The SMILES string of the molecule is Cc1cc(NCC(=O)Nc2cc(C)on2)no1. The molecule has 0 saturated carbocycles. The molecule has 0 radical (unpaired) electrons. The summed E-state index contributed by atoms with van der Waals surface area (Å²) in [7, 11) is 0. The molecule has 0 aliphatic rings. The van der Waals surface area contributed by atoms with Gasteiger partial charge in [-0.15, -0.1) is 0 Å². The Kier molecular flexibility index (Phi) is 3.08. The molecule has 0 aliphatic carbocycles. The van der Waals surface area contributed by atoms with Gasteiger partial charge in [0.25, 0.3) is 0 Å². The predicted octanol–water partition coefficient (Wildman–Crippen LogP) is 1.33. The highest BCUT2D eigenvalue weighted by molar-refractivity contribution is 5.92. The second-order valence-electron chi connectivity index (χ2n) is 3.55. The van der Waals surface area contributed by atoms with Gasteiger partial charge in [-0.1, -0.05) is 10.3 Å². The molecular formula is C10H12N4O3. The van der Waals surface area contributed by atoms with E-state index in [0.717, 1.165) is 0 Å². The molecule has 0 bridgehead atoms. The molecule has 1 amide bonds. The van der Waals surface area contributed by atoms with Crippen LogP contribution >= 0.6 is 0 Å². The van der Waals surface area contributed by atoms with Crippen molar-refractivity contribution in [2.75, 3.05) is 17.2 Å². The fraction of sp³-hybridized carbons (Fsp3) is 0.300. The van der Waals surface area contributed by atoms with Gasteiger partial charge < -0.3 is 19.7 Å². The predicted molar refractivity (Wildman–Crippen MR) is 59.6 cm³/mol. The fourth-order valence-electron chi connectivity index (χ4n) is 1.23. The first-order valence-corrected chi connectivity index (χ1v) is 5.04. The zero-order chi connectivity index (χ0) is 12.3. The fourth-order valence-corrected chi connectivity index (χ4v) is 1.23. The Bertz CT molecular complexity index is 517. The Morgan fingerprint density at radius 1 is 1.18 bits per heavy atom. The highest BCUT2D eigenvalue weighted by Crippen LogP contribution is 2.08. The van der Waals surface area contributed by atoms with Gasteiger partial charge in [-0.25, -0.2) is 0 Å². The number of carbonyl (C=O) groups excluding carboxylic acids is 1. The molecule has 17 heavy (non-hydrogen) atoms. The van der Waals surface area contributed by atoms with E-state index in [1.165, 1.54) is 0 Å². The summed E-state index contributed by atoms with van der Waals surface area (Å²) in [5.74, 6) is 2.00. The van der Waals surface area contributed by atoms with Crippen molar-refractivity contribution < 1.29 is 13.8 Å². The van der Waals surface area contributed by atoms with Crippen LogP contribution in [0.4, 0.5) is 11.6 Å². The van der Waals surface area contributed by atoms with Crippen LogP contribution < -0.4 is 10.6 Å². The molecule has 2 aromatic heterocycles. The van der Waals surface area contributed by atoms with E-state index in [4.69, 9.17) is 9.05 Å². The molecule has 0 atom stereocenters. The smallest absolute Gasteiger partial charge is 0.244 e. The van der Waals surface area contributed by atoms with Crippen LogP contribution in [0.1, 0.15) is 11.5 Å². The summed E-state index contributed by atoms with van der Waals surface area (Å²) in [6, 6.07) is 3.34. The normalized spacial score (nSPS) is 10.2. The van der Waals surface area contributed by atoms with E-state index in [9.17, 15) is 4.79 Å². The van der Waals surface area contributed by atoms with Crippen LogP contribution in [0, 0.1) is 13.8 Å². The van der Waals surface area contributed by atoms with Crippen molar-refractivity contribution >= 4 is 17.5 Å². The zero-order valence-electron chi connectivity index (χ0n) is 9.48. The van der Waals surface area contributed by atoms with Gasteiger partial charge in [0.2, 0.25) is 5.91 Å². The van der Waals surface area contributed by atoms with Crippen molar-refractivity contribution in [3.05, 3.63) is 23.7 Å². The lowest BCUT2D eigenvalue weighted by molar-refractivity contribution is -0.114. The third-order valence-corrected chi connectivity index (χ3v) is 1.95. The summed E-state index contributed by atoms with van der Waals surface area (Å²) in [6.07, 6.45) is 0. The highest BCUT2D eigenvalue weighted by Gasteiger charge is 2.07. The van der Waals surface area contributed by atoms with Crippen LogP contribution in [0.5, 0.6) is 0 Å². The van der Waals surface area contributed by atoms with E-state index < -0.39 is 0 Å². The Labute approximate surface area is 97.1 Å². The number of hydrogen-bond donors (Lipinski definition) is 2. The first-order valence-electron chi connectivity index (χ1n) is 5.04. The number of amides is 1. The summed E-state index contributed by atoms with van der Waals surface area (Å²) >= 11 is 0. The van der Waals surface area contributed by atoms with E-state index in [2.05, 4.69) is 20.9 Å². The number of aromatic nitrogens is 2. The van der Waals surface area contributed by atoms with Crippen molar-refractivity contribution in [2.24, 2.45) is 0 Å². The van der Waals surface area contributed by atoms with Crippen LogP contribution in [0.3, 0.4) is 0 Å². The van der Waals surface area contributed by atoms with Gasteiger partial charge in [-0.3, -0.25) is 4.79 Å². The van der Waals surface area contributed by atoms with Crippen LogP contribution in [0.25, 0.3) is 0 Å². The molecule has 2 heterocycles. The Morgan fingerprint density at radius 2 is 1.76 bits per heavy atom. The van der Waals surface area contributed by atoms with Crippen molar-refractivity contribution in [2.45, 2.75) is 13.8 Å². The number of rotatable bonds is 4. The Balaban J connectivity index is 1.82. The second kappa shape index (κ2) is 4.69. The molecule has 0 aromatic carbocycles. The average molecular weight is 236 g/mol. The maximum absolute atomic E-state index is 11.5. The summed E-state index contributed by atoms with van der Waals surface area (Å²) in [6.45, 7) is 3.60. The van der Waals surface area contributed by atoms with Gasteiger partial charge in [-0.2, -0.15) is 0 Å². The van der Waals surface area contributed by atoms with Crippen LogP contribution in [-0.4, -0.2) is 22.8 Å². The maximum atomic E-state index is 11.5. The van der Waals surface area contributed by atoms with Gasteiger partial charge in [-0.05, 0) is 13.8 Å². The van der Waals surface area contributed by atoms with E-state index in [1.54, 1.807) is 26.0 Å². The molecule has 90 valence electrons. The third kappa shape index (κ3) is 3.07. The number of carbonyl (C=O) groups is 1. The number of anilines is 2. The number of nitrogens with one attached hydrogen (secondary N) is 2. The largest absolute Gasteiger partial charge is 0.360 e. The van der Waals surface area contributed by atoms with E-state index in [1.807, 2.05) is 0 Å². The average Bonchev–Trinajstić information content (AvgIpc) is 2.85. The minimum Gasteiger partial charge on any atom is -0.360 e. The Hall–Kier alpha value is -2.31. The quantitative estimate of drug-likeness (QED) is 0.831.